The average Bonchev–Trinajstić information content (AvgIpc) is 2.24. The van der Waals surface area contributed by atoms with Crippen LogP contribution in [0.3, 0.4) is 0 Å². The van der Waals surface area contributed by atoms with E-state index in [2.05, 4.69) is 24.9 Å². The fourth-order valence-electron chi connectivity index (χ4n) is 1.50. The summed E-state index contributed by atoms with van der Waals surface area (Å²) in [6, 6.07) is 2.55. The van der Waals surface area contributed by atoms with Gasteiger partial charge in [-0.1, -0.05) is 0 Å². The van der Waals surface area contributed by atoms with E-state index >= 15 is 0 Å². The van der Waals surface area contributed by atoms with Crippen molar-refractivity contribution in [2.45, 2.75) is 44.7 Å². The number of hydrogen-bond donors (Lipinski definition) is 1. The van der Waals surface area contributed by atoms with E-state index in [0.29, 0.717) is 6.04 Å². The lowest BCUT2D eigenvalue weighted by Gasteiger charge is -2.24. The molecule has 0 amide bonds. The highest BCUT2D eigenvalue weighted by Crippen LogP contribution is 2.10. The highest BCUT2D eigenvalue weighted by Gasteiger charge is 2.16. The molecule has 0 rings (SSSR count). The van der Waals surface area contributed by atoms with Gasteiger partial charge in [0.2, 0.25) is 0 Å². The molecule has 0 aromatic carbocycles. The Morgan fingerprint density at radius 3 is 2.62 bits per heavy atom. The van der Waals surface area contributed by atoms with Gasteiger partial charge in [-0.2, -0.15) is 5.26 Å². The lowest BCUT2D eigenvalue weighted by atomic mass is 9.98. The summed E-state index contributed by atoms with van der Waals surface area (Å²) >= 11 is 0. The molecule has 0 bridgehead atoms. The Bertz CT molecular complexity index is 223. The summed E-state index contributed by atoms with van der Waals surface area (Å²) in [6.07, 6.45) is 2.82. The number of rotatable bonds is 8. The first kappa shape index (κ1) is 15.4. The van der Waals surface area contributed by atoms with Crippen molar-refractivity contribution in [3.63, 3.8) is 0 Å². The third kappa shape index (κ3) is 6.78. The molecular formula is C12H25N3O. The molecule has 4 heteroatoms. The third-order valence-corrected chi connectivity index (χ3v) is 2.87. The summed E-state index contributed by atoms with van der Waals surface area (Å²) in [5.74, 6) is 0. The van der Waals surface area contributed by atoms with Crippen LogP contribution in [0.1, 0.15) is 33.1 Å². The summed E-state index contributed by atoms with van der Waals surface area (Å²) < 4.78 is 5.10. The minimum atomic E-state index is -0.670. The number of hydrogen-bond acceptors (Lipinski definition) is 4. The van der Waals surface area contributed by atoms with Crippen LogP contribution in [0.5, 0.6) is 0 Å². The fourth-order valence-corrected chi connectivity index (χ4v) is 1.50. The van der Waals surface area contributed by atoms with Gasteiger partial charge in [-0.05, 0) is 46.7 Å². The number of unbranched alkanes of at least 4 members (excludes halogenated alkanes) is 1. The van der Waals surface area contributed by atoms with Gasteiger partial charge in [-0.15, -0.1) is 0 Å². The van der Waals surface area contributed by atoms with E-state index in [1.165, 1.54) is 0 Å². The van der Waals surface area contributed by atoms with Crippen molar-refractivity contribution >= 4 is 0 Å². The monoisotopic (exact) mass is 227 g/mol. The van der Waals surface area contributed by atoms with E-state index in [1.807, 2.05) is 0 Å². The molecule has 0 heterocycles. The van der Waals surface area contributed by atoms with Gasteiger partial charge in [0, 0.05) is 13.2 Å². The van der Waals surface area contributed by atoms with Gasteiger partial charge < -0.3 is 15.4 Å². The van der Waals surface area contributed by atoms with Gasteiger partial charge in [-0.25, -0.2) is 0 Å². The van der Waals surface area contributed by atoms with Crippen LogP contribution in [0.2, 0.25) is 0 Å². The molecule has 2 N–H and O–H groups in total. The molecule has 0 aromatic heterocycles. The molecule has 0 radical (unpaired) electrons. The van der Waals surface area contributed by atoms with Gasteiger partial charge in [0.05, 0.1) is 12.7 Å². The second-order valence-corrected chi connectivity index (χ2v) is 4.77. The predicted octanol–water partition coefficient (Wildman–Crippen LogP) is 1.36. The summed E-state index contributed by atoms with van der Waals surface area (Å²) in [6.45, 7) is 5.70. The Morgan fingerprint density at radius 2 is 2.12 bits per heavy atom. The van der Waals surface area contributed by atoms with Crippen molar-refractivity contribution in [3.05, 3.63) is 0 Å². The Labute approximate surface area is 99.4 Å². The first-order valence-corrected chi connectivity index (χ1v) is 5.82. The molecule has 4 nitrogen and oxygen atoms in total. The van der Waals surface area contributed by atoms with Crippen molar-refractivity contribution < 1.29 is 4.74 Å². The number of likely N-dealkylation sites (N-methyl/N-ethyl adjacent to an activating group) is 1. The fraction of sp³-hybridized carbons (Fsp3) is 0.917. The topological polar surface area (TPSA) is 62.3 Å². The maximum atomic E-state index is 8.76. The van der Waals surface area contributed by atoms with Crippen LogP contribution < -0.4 is 5.73 Å². The average molecular weight is 227 g/mol. The van der Waals surface area contributed by atoms with Gasteiger partial charge in [0.15, 0.2) is 0 Å². The van der Waals surface area contributed by atoms with Crippen LogP contribution in [0.25, 0.3) is 0 Å². The minimum Gasteiger partial charge on any atom is -0.383 e. The van der Waals surface area contributed by atoms with Crippen LogP contribution in [-0.4, -0.2) is 43.8 Å². The Hall–Kier alpha value is -0.630. The maximum Gasteiger partial charge on any atom is 0.101 e. The zero-order valence-corrected chi connectivity index (χ0v) is 11.0. The molecule has 0 spiro atoms. The Balaban J connectivity index is 3.63. The molecule has 16 heavy (non-hydrogen) atoms. The van der Waals surface area contributed by atoms with Crippen molar-refractivity contribution in [3.8, 4) is 6.07 Å². The van der Waals surface area contributed by atoms with E-state index in [9.17, 15) is 0 Å². The van der Waals surface area contributed by atoms with Crippen molar-refractivity contribution in [2.24, 2.45) is 5.73 Å². The number of methoxy groups -OCH3 is 1. The van der Waals surface area contributed by atoms with E-state index in [0.717, 1.165) is 32.4 Å². The van der Waals surface area contributed by atoms with Gasteiger partial charge in [-0.3, -0.25) is 0 Å². The third-order valence-electron chi connectivity index (χ3n) is 2.87. The zero-order valence-electron chi connectivity index (χ0n) is 11.0. The molecule has 94 valence electrons. The summed E-state index contributed by atoms with van der Waals surface area (Å²) in [7, 11) is 3.81. The predicted molar refractivity (Wildman–Crippen MR) is 66.0 cm³/mol. The van der Waals surface area contributed by atoms with Gasteiger partial charge >= 0.3 is 0 Å². The van der Waals surface area contributed by atoms with Crippen molar-refractivity contribution in [2.75, 3.05) is 27.3 Å². The summed E-state index contributed by atoms with van der Waals surface area (Å²) in [5.41, 5.74) is 5.08. The molecule has 0 aromatic rings. The van der Waals surface area contributed by atoms with Crippen LogP contribution in [0.4, 0.5) is 0 Å². The van der Waals surface area contributed by atoms with Crippen LogP contribution in [-0.2, 0) is 4.74 Å². The molecule has 0 aliphatic rings. The molecule has 0 saturated carbocycles. The van der Waals surface area contributed by atoms with Crippen LogP contribution in [0.15, 0.2) is 0 Å². The second-order valence-electron chi connectivity index (χ2n) is 4.77. The largest absolute Gasteiger partial charge is 0.383 e. The lowest BCUT2D eigenvalue weighted by Crippen LogP contribution is -2.35. The number of nitrogens with zero attached hydrogens (tertiary/aromatic N) is 2. The first-order valence-electron chi connectivity index (χ1n) is 5.82. The van der Waals surface area contributed by atoms with Crippen LogP contribution in [0, 0.1) is 11.3 Å². The molecule has 0 saturated heterocycles. The van der Waals surface area contributed by atoms with E-state index in [1.54, 1.807) is 14.0 Å². The molecule has 0 aliphatic carbocycles. The highest BCUT2D eigenvalue weighted by atomic mass is 16.5. The standard InChI is InChI=1S/C12H25N3O/c1-11(9-16-4)15(3)8-6-5-7-12(2,14)10-13/h11H,5-9,14H2,1-4H3. The maximum absolute atomic E-state index is 8.76. The van der Waals surface area contributed by atoms with Crippen LogP contribution >= 0.6 is 0 Å². The quantitative estimate of drug-likeness (QED) is 0.636. The first-order chi connectivity index (χ1) is 7.43. The van der Waals surface area contributed by atoms with E-state index < -0.39 is 5.54 Å². The lowest BCUT2D eigenvalue weighted by molar-refractivity contribution is 0.114. The number of nitriles is 1. The molecule has 0 fully saturated rings. The van der Waals surface area contributed by atoms with E-state index in [-0.39, 0.29) is 0 Å². The second kappa shape index (κ2) is 7.61. The molecule has 2 atom stereocenters. The minimum absolute atomic E-state index is 0.435. The van der Waals surface area contributed by atoms with Crippen molar-refractivity contribution in [1.29, 1.82) is 5.26 Å². The highest BCUT2D eigenvalue weighted by molar-refractivity contribution is 5.00. The van der Waals surface area contributed by atoms with Crippen molar-refractivity contribution in [1.82, 2.24) is 4.90 Å². The van der Waals surface area contributed by atoms with E-state index in [4.69, 9.17) is 15.7 Å². The normalized spacial score (nSPS) is 16.8. The summed E-state index contributed by atoms with van der Waals surface area (Å²) in [4.78, 5) is 2.27. The molecule has 2 unspecified atom stereocenters. The smallest absolute Gasteiger partial charge is 0.101 e. The van der Waals surface area contributed by atoms with Gasteiger partial charge in [0.1, 0.15) is 5.54 Å². The zero-order chi connectivity index (χ0) is 12.6. The number of nitrogens with two attached hydrogens (primary N) is 1. The SMILES string of the molecule is COCC(C)N(C)CCCCC(C)(N)C#N. The Morgan fingerprint density at radius 1 is 1.50 bits per heavy atom. The summed E-state index contributed by atoms with van der Waals surface area (Å²) in [5, 5.41) is 8.76. The molecule has 0 aliphatic heterocycles. The number of ether oxygens (including phenoxy) is 1. The Kier molecular flexibility index (Phi) is 7.31. The molecular weight excluding hydrogens is 202 g/mol. The van der Waals surface area contributed by atoms with Gasteiger partial charge in [0.25, 0.3) is 0 Å².